The third kappa shape index (κ3) is 11.9. The van der Waals surface area contributed by atoms with Crippen molar-refractivity contribution in [1.29, 1.82) is 0 Å². The number of ether oxygens (including phenoxy) is 1. The van der Waals surface area contributed by atoms with Crippen molar-refractivity contribution in [3.8, 4) is 0 Å². The van der Waals surface area contributed by atoms with Gasteiger partial charge < -0.3 is 20.7 Å². The number of thiocarbonyl (C=S) groups is 1. The molecule has 1 fully saturated rings. The van der Waals surface area contributed by atoms with Crippen molar-refractivity contribution in [2.45, 2.75) is 103 Å². The van der Waals surface area contributed by atoms with Crippen LogP contribution in [0.5, 0.6) is 0 Å². The van der Waals surface area contributed by atoms with Crippen LogP contribution in [0.4, 0.5) is 5.69 Å². The summed E-state index contributed by atoms with van der Waals surface area (Å²) in [6, 6.07) is 7.15. The highest BCUT2D eigenvalue weighted by atomic mass is 32.1. The number of anilines is 1. The van der Waals surface area contributed by atoms with E-state index in [9.17, 15) is 9.59 Å². The van der Waals surface area contributed by atoms with Crippen molar-refractivity contribution in [2.75, 3.05) is 18.5 Å². The lowest BCUT2D eigenvalue weighted by Crippen LogP contribution is -2.35. The van der Waals surface area contributed by atoms with E-state index in [-0.39, 0.29) is 23.0 Å². The fourth-order valence-electron chi connectivity index (χ4n) is 4.19. The first-order valence-corrected chi connectivity index (χ1v) is 13.6. The number of hydrogen-bond donors (Lipinski definition) is 3. The summed E-state index contributed by atoms with van der Waals surface area (Å²) in [7, 11) is 0. The fourth-order valence-corrected chi connectivity index (χ4v) is 4.41. The lowest BCUT2D eigenvalue weighted by atomic mass is 10.1. The Morgan fingerprint density at radius 2 is 1.62 bits per heavy atom. The highest BCUT2D eigenvalue weighted by molar-refractivity contribution is 7.80. The van der Waals surface area contributed by atoms with Crippen molar-refractivity contribution in [2.24, 2.45) is 0 Å². The van der Waals surface area contributed by atoms with Gasteiger partial charge in [0.25, 0.3) is 5.91 Å². The van der Waals surface area contributed by atoms with E-state index in [1.807, 2.05) is 6.07 Å². The Morgan fingerprint density at radius 3 is 2.26 bits per heavy atom. The molecule has 1 saturated heterocycles. The zero-order valence-electron chi connectivity index (χ0n) is 20.8. The smallest absolute Gasteiger partial charge is 0.253 e. The Balaban J connectivity index is 1.59. The first kappa shape index (κ1) is 28.2. The van der Waals surface area contributed by atoms with E-state index < -0.39 is 0 Å². The lowest BCUT2D eigenvalue weighted by Gasteiger charge is -2.15. The highest BCUT2D eigenvalue weighted by Crippen LogP contribution is 2.16. The van der Waals surface area contributed by atoms with Gasteiger partial charge in [-0.05, 0) is 43.6 Å². The summed E-state index contributed by atoms with van der Waals surface area (Å²) in [5.41, 5.74) is 1.06. The summed E-state index contributed by atoms with van der Waals surface area (Å²) in [6.45, 7) is 3.50. The summed E-state index contributed by atoms with van der Waals surface area (Å²) < 4.78 is 5.56. The number of rotatable bonds is 16. The summed E-state index contributed by atoms with van der Waals surface area (Å²) in [4.78, 5) is 24.9. The minimum atomic E-state index is -0.186. The van der Waals surface area contributed by atoms with E-state index in [0.29, 0.717) is 24.2 Å². The number of carbonyl (C=O) groups excluding carboxylic acids is 2. The molecule has 1 aliphatic rings. The molecule has 1 aromatic carbocycles. The van der Waals surface area contributed by atoms with Crippen LogP contribution >= 0.6 is 12.2 Å². The molecule has 2 rings (SSSR count). The number of hydrogen-bond acceptors (Lipinski definition) is 4. The van der Waals surface area contributed by atoms with Crippen LogP contribution in [0.3, 0.4) is 0 Å². The quantitative estimate of drug-likeness (QED) is 0.193. The molecule has 0 aromatic heterocycles. The van der Waals surface area contributed by atoms with Crippen molar-refractivity contribution >= 4 is 34.8 Å². The van der Waals surface area contributed by atoms with Gasteiger partial charge in [-0.2, -0.15) is 0 Å². The molecular weight excluding hydrogens is 446 g/mol. The second-order valence-corrected chi connectivity index (χ2v) is 9.59. The maximum absolute atomic E-state index is 12.6. The molecule has 0 saturated carbocycles. The number of nitrogens with one attached hydrogen (secondary N) is 3. The van der Waals surface area contributed by atoms with Gasteiger partial charge in [0.2, 0.25) is 5.91 Å². The van der Waals surface area contributed by atoms with Gasteiger partial charge in [0.15, 0.2) is 5.11 Å². The fraction of sp³-hybridized carbons (Fsp3) is 0.667. The van der Waals surface area contributed by atoms with E-state index in [1.165, 1.54) is 57.8 Å². The Hall–Kier alpha value is -1.99. The number of unbranched alkanes of at least 4 members (excludes halogenated alkanes) is 10. The number of carbonyl (C=O) groups is 2. The summed E-state index contributed by atoms with van der Waals surface area (Å²) in [5, 5.41) is 8.88. The maximum atomic E-state index is 12.6. The minimum absolute atomic E-state index is 0.0833. The van der Waals surface area contributed by atoms with E-state index >= 15 is 0 Å². The predicted molar refractivity (Wildman–Crippen MR) is 143 cm³/mol. The molecule has 1 heterocycles. The zero-order chi connectivity index (χ0) is 24.4. The van der Waals surface area contributed by atoms with Crippen LogP contribution in [0.15, 0.2) is 24.3 Å². The maximum Gasteiger partial charge on any atom is 0.253 e. The summed E-state index contributed by atoms with van der Waals surface area (Å²) in [5.74, 6) is -0.276. The molecule has 0 aliphatic carbocycles. The van der Waals surface area contributed by atoms with Crippen LogP contribution < -0.4 is 16.0 Å². The Labute approximate surface area is 211 Å². The number of benzene rings is 1. The molecule has 1 aromatic rings. The predicted octanol–water partition coefficient (Wildman–Crippen LogP) is 6.11. The Kier molecular flexibility index (Phi) is 14.5. The number of amides is 2. The summed E-state index contributed by atoms with van der Waals surface area (Å²) >= 11 is 5.30. The molecule has 0 bridgehead atoms. The Morgan fingerprint density at radius 1 is 0.971 bits per heavy atom. The molecule has 34 heavy (non-hydrogen) atoms. The molecule has 1 unspecified atom stereocenters. The standard InChI is InChI=1S/C27H43N3O3S/c1-2-3-4-5-6-7-8-9-10-11-12-19-25(31)30-27(34)29-24-18-14-13-17-23(24)26(32)28-21-22-16-15-20-33-22/h13-14,17-18,22H,2-12,15-16,19-21H2,1H3,(H,28,32)(H2,29,30,31,34). The van der Waals surface area contributed by atoms with Crippen LogP contribution in [0, 0.1) is 0 Å². The molecule has 1 atom stereocenters. The van der Waals surface area contributed by atoms with Gasteiger partial charge in [-0.3, -0.25) is 9.59 Å². The first-order valence-electron chi connectivity index (χ1n) is 13.2. The monoisotopic (exact) mass is 489 g/mol. The van der Waals surface area contributed by atoms with E-state index in [1.54, 1.807) is 18.2 Å². The van der Waals surface area contributed by atoms with Crippen LogP contribution in [0.1, 0.15) is 107 Å². The third-order valence-electron chi connectivity index (χ3n) is 6.19. The van der Waals surface area contributed by atoms with Gasteiger partial charge in [-0.1, -0.05) is 83.3 Å². The molecule has 1 aliphatic heterocycles. The van der Waals surface area contributed by atoms with Crippen LogP contribution in [-0.2, 0) is 9.53 Å². The van der Waals surface area contributed by atoms with Gasteiger partial charge >= 0.3 is 0 Å². The van der Waals surface area contributed by atoms with Gasteiger partial charge in [0.05, 0.1) is 17.4 Å². The van der Waals surface area contributed by atoms with Crippen LogP contribution in [0.2, 0.25) is 0 Å². The molecule has 3 N–H and O–H groups in total. The highest BCUT2D eigenvalue weighted by Gasteiger charge is 2.18. The number of para-hydroxylation sites is 1. The van der Waals surface area contributed by atoms with Gasteiger partial charge in [0.1, 0.15) is 0 Å². The average molecular weight is 490 g/mol. The van der Waals surface area contributed by atoms with Crippen LogP contribution in [0.25, 0.3) is 0 Å². The average Bonchev–Trinajstić information content (AvgIpc) is 3.35. The topological polar surface area (TPSA) is 79.5 Å². The molecule has 7 heteroatoms. The van der Waals surface area contributed by atoms with Crippen LogP contribution in [-0.4, -0.2) is 36.2 Å². The van der Waals surface area contributed by atoms with Crippen molar-refractivity contribution in [3.05, 3.63) is 29.8 Å². The molecule has 6 nitrogen and oxygen atoms in total. The van der Waals surface area contributed by atoms with E-state index in [4.69, 9.17) is 17.0 Å². The Bertz CT molecular complexity index is 750. The van der Waals surface area contributed by atoms with Crippen molar-refractivity contribution < 1.29 is 14.3 Å². The van der Waals surface area contributed by atoms with Gasteiger partial charge in [-0.25, -0.2) is 0 Å². The third-order valence-corrected chi connectivity index (χ3v) is 6.40. The first-order chi connectivity index (χ1) is 16.6. The second-order valence-electron chi connectivity index (χ2n) is 9.18. The SMILES string of the molecule is CCCCCCCCCCCCCC(=O)NC(=S)Nc1ccccc1C(=O)NCC1CCCO1. The second kappa shape index (κ2) is 17.4. The zero-order valence-corrected chi connectivity index (χ0v) is 21.6. The largest absolute Gasteiger partial charge is 0.376 e. The normalized spacial score (nSPS) is 15.1. The molecule has 2 amide bonds. The minimum Gasteiger partial charge on any atom is -0.376 e. The molecule has 0 radical (unpaired) electrons. The van der Waals surface area contributed by atoms with E-state index in [0.717, 1.165) is 32.3 Å². The van der Waals surface area contributed by atoms with Gasteiger partial charge in [-0.15, -0.1) is 0 Å². The molecule has 190 valence electrons. The van der Waals surface area contributed by atoms with Crippen molar-refractivity contribution in [3.63, 3.8) is 0 Å². The lowest BCUT2D eigenvalue weighted by molar-refractivity contribution is -0.119. The molecule has 0 spiro atoms. The van der Waals surface area contributed by atoms with E-state index in [2.05, 4.69) is 22.9 Å². The molecular formula is C27H43N3O3S. The summed E-state index contributed by atoms with van der Waals surface area (Å²) in [6.07, 6.45) is 16.3. The van der Waals surface area contributed by atoms with Crippen molar-refractivity contribution in [1.82, 2.24) is 10.6 Å². The van der Waals surface area contributed by atoms with Gasteiger partial charge in [0, 0.05) is 19.6 Å².